The van der Waals surface area contributed by atoms with Gasteiger partial charge in [-0.1, -0.05) is 22.9 Å². The van der Waals surface area contributed by atoms with Crippen LogP contribution < -0.4 is 5.32 Å². The number of carbonyl (C=O) groups excluding carboxylic acids is 2. The molecule has 1 aromatic carbocycles. The molecule has 0 bridgehead atoms. The molecule has 2 aromatic heterocycles. The number of aromatic nitrogens is 1. The van der Waals surface area contributed by atoms with Gasteiger partial charge in [-0.05, 0) is 50.1 Å². The first kappa shape index (κ1) is 22.7. The Morgan fingerprint density at radius 1 is 1.28 bits per heavy atom. The Kier molecular flexibility index (Phi) is 6.52. The monoisotopic (exact) mass is 497 g/mol. The van der Waals surface area contributed by atoms with Crippen LogP contribution in [0.1, 0.15) is 30.3 Å². The van der Waals surface area contributed by atoms with Crippen LogP contribution in [0.2, 0.25) is 5.02 Å². The highest BCUT2D eigenvalue weighted by Crippen LogP contribution is 2.30. The van der Waals surface area contributed by atoms with Gasteiger partial charge in [0.1, 0.15) is 0 Å². The van der Waals surface area contributed by atoms with Gasteiger partial charge in [0.2, 0.25) is 16.8 Å². The van der Waals surface area contributed by atoms with Gasteiger partial charge in [-0.2, -0.15) is 4.31 Å². The number of esters is 1. The molecule has 1 N–H and O–H groups in total. The summed E-state index contributed by atoms with van der Waals surface area (Å²) < 4.78 is 37.8. The Hall–Kier alpha value is -2.47. The van der Waals surface area contributed by atoms with Crippen molar-refractivity contribution in [2.75, 3.05) is 25.0 Å². The number of nitrogens with zero attached hydrogens (tertiary/aromatic N) is 2. The van der Waals surface area contributed by atoms with Crippen molar-refractivity contribution in [3.05, 3.63) is 41.1 Å². The van der Waals surface area contributed by atoms with Crippen molar-refractivity contribution in [1.82, 2.24) is 9.29 Å². The van der Waals surface area contributed by atoms with Gasteiger partial charge < -0.3 is 14.5 Å². The van der Waals surface area contributed by atoms with Gasteiger partial charge in [-0.25, -0.2) is 18.2 Å². The van der Waals surface area contributed by atoms with Gasteiger partial charge in [-0.3, -0.25) is 4.79 Å². The second kappa shape index (κ2) is 9.18. The van der Waals surface area contributed by atoms with E-state index >= 15 is 0 Å². The number of nitrogens with one attached hydrogen (secondary N) is 1. The van der Waals surface area contributed by atoms with Gasteiger partial charge in [0.15, 0.2) is 5.13 Å². The fourth-order valence-corrected chi connectivity index (χ4v) is 5.94. The molecule has 32 heavy (non-hydrogen) atoms. The second-order valence-corrected chi connectivity index (χ2v) is 10.5. The maximum Gasteiger partial charge on any atom is 0.374 e. The van der Waals surface area contributed by atoms with E-state index in [0.29, 0.717) is 23.0 Å². The standard InChI is InChI=1S/C20H20ClN3O6S2/c1-2-29-19(26)15-5-6-17(30-15)32(27,28)24-9-7-12(8-10-24)18(25)23-20-22-14-4-3-13(21)11-16(14)31-20/h3-6,11-12H,2,7-10H2,1H3,(H,22,23,25). The maximum atomic E-state index is 12.8. The molecule has 0 spiro atoms. The van der Waals surface area contributed by atoms with Crippen LogP contribution in [0.15, 0.2) is 39.8 Å². The second-order valence-electron chi connectivity index (χ2n) is 7.14. The fourth-order valence-electron chi connectivity index (χ4n) is 3.42. The molecule has 1 fully saturated rings. The van der Waals surface area contributed by atoms with E-state index in [0.717, 1.165) is 10.2 Å². The molecular formula is C20H20ClN3O6S2. The van der Waals surface area contributed by atoms with Crippen molar-refractivity contribution in [2.24, 2.45) is 5.92 Å². The fraction of sp³-hybridized carbons (Fsp3) is 0.350. The topological polar surface area (TPSA) is 119 Å². The number of ether oxygens (including phenoxy) is 1. The molecule has 0 atom stereocenters. The zero-order chi connectivity index (χ0) is 22.9. The van der Waals surface area contributed by atoms with Crippen LogP contribution in [0.25, 0.3) is 10.2 Å². The summed E-state index contributed by atoms with van der Waals surface area (Å²) in [5.41, 5.74) is 0.747. The van der Waals surface area contributed by atoms with Gasteiger partial charge in [0.05, 0.1) is 16.8 Å². The Morgan fingerprint density at radius 2 is 2.03 bits per heavy atom. The summed E-state index contributed by atoms with van der Waals surface area (Å²) in [6.07, 6.45) is 0.709. The zero-order valence-electron chi connectivity index (χ0n) is 17.0. The number of carbonyl (C=O) groups is 2. The number of furan rings is 1. The van der Waals surface area contributed by atoms with Crippen molar-refractivity contribution in [2.45, 2.75) is 24.9 Å². The number of hydrogen-bond donors (Lipinski definition) is 1. The van der Waals surface area contributed by atoms with Gasteiger partial charge in [0, 0.05) is 24.0 Å². The number of rotatable bonds is 6. The molecule has 1 aliphatic rings. The van der Waals surface area contributed by atoms with Crippen molar-refractivity contribution in [1.29, 1.82) is 0 Å². The first-order valence-electron chi connectivity index (χ1n) is 9.92. The van der Waals surface area contributed by atoms with Crippen LogP contribution in [0.3, 0.4) is 0 Å². The third-order valence-electron chi connectivity index (χ3n) is 5.06. The van der Waals surface area contributed by atoms with Gasteiger partial charge in [-0.15, -0.1) is 0 Å². The first-order valence-corrected chi connectivity index (χ1v) is 12.6. The normalized spacial score (nSPS) is 15.7. The van der Waals surface area contributed by atoms with E-state index in [-0.39, 0.29) is 42.4 Å². The van der Waals surface area contributed by atoms with E-state index in [1.165, 1.54) is 27.8 Å². The number of sulfonamides is 1. The number of halogens is 1. The molecule has 4 rings (SSSR count). The summed E-state index contributed by atoms with van der Waals surface area (Å²) in [6.45, 7) is 2.11. The van der Waals surface area contributed by atoms with Crippen LogP contribution in [0.5, 0.6) is 0 Å². The zero-order valence-corrected chi connectivity index (χ0v) is 19.4. The summed E-state index contributed by atoms with van der Waals surface area (Å²) in [6, 6.07) is 7.82. The summed E-state index contributed by atoms with van der Waals surface area (Å²) in [5.74, 6) is -1.43. The van der Waals surface area contributed by atoms with Crippen molar-refractivity contribution in [3.63, 3.8) is 0 Å². The van der Waals surface area contributed by atoms with Gasteiger partial charge >= 0.3 is 5.97 Å². The minimum Gasteiger partial charge on any atom is -0.460 e. The van der Waals surface area contributed by atoms with Crippen LogP contribution >= 0.6 is 22.9 Å². The molecule has 1 amide bonds. The molecule has 0 radical (unpaired) electrons. The lowest BCUT2D eigenvalue weighted by molar-refractivity contribution is -0.120. The van der Waals surface area contributed by atoms with E-state index < -0.39 is 16.0 Å². The third kappa shape index (κ3) is 4.65. The number of hydrogen-bond acceptors (Lipinski definition) is 8. The molecular weight excluding hydrogens is 478 g/mol. The SMILES string of the molecule is CCOC(=O)c1ccc(S(=O)(=O)N2CCC(C(=O)Nc3nc4ccc(Cl)cc4s3)CC2)o1. The molecule has 1 aliphatic heterocycles. The number of fused-ring (bicyclic) bond motifs is 1. The van der Waals surface area contributed by atoms with Crippen LogP contribution in [0, 0.1) is 5.92 Å². The molecule has 12 heteroatoms. The Bertz CT molecular complexity index is 1260. The van der Waals surface area contributed by atoms with Gasteiger partial charge in [0.25, 0.3) is 10.0 Å². The minimum atomic E-state index is -3.91. The number of anilines is 1. The molecule has 170 valence electrons. The van der Waals surface area contributed by atoms with E-state index in [2.05, 4.69) is 10.3 Å². The summed E-state index contributed by atoms with van der Waals surface area (Å²) in [5, 5.41) is 3.57. The van der Waals surface area contributed by atoms with E-state index in [1.54, 1.807) is 25.1 Å². The molecule has 0 aliphatic carbocycles. The largest absolute Gasteiger partial charge is 0.460 e. The summed E-state index contributed by atoms with van der Waals surface area (Å²) >= 11 is 7.32. The van der Waals surface area contributed by atoms with Crippen LogP contribution in [-0.2, 0) is 19.6 Å². The average molecular weight is 498 g/mol. The van der Waals surface area contributed by atoms with Crippen molar-refractivity contribution in [3.8, 4) is 0 Å². The first-order chi connectivity index (χ1) is 15.3. The maximum absolute atomic E-state index is 12.8. The average Bonchev–Trinajstić information content (AvgIpc) is 3.41. The van der Waals surface area contributed by atoms with Crippen molar-refractivity contribution >= 4 is 60.2 Å². The van der Waals surface area contributed by atoms with Crippen LogP contribution in [0.4, 0.5) is 5.13 Å². The number of amides is 1. The van der Waals surface area contributed by atoms with Crippen molar-refractivity contribution < 1.29 is 27.2 Å². The number of benzene rings is 1. The Labute approximate surface area is 193 Å². The van der Waals surface area contributed by atoms with E-state index in [9.17, 15) is 18.0 Å². The molecule has 1 saturated heterocycles. The highest BCUT2D eigenvalue weighted by atomic mass is 35.5. The van der Waals surface area contributed by atoms with E-state index in [4.69, 9.17) is 20.8 Å². The quantitative estimate of drug-likeness (QED) is 0.515. The Balaban J connectivity index is 1.37. The smallest absolute Gasteiger partial charge is 0.374 e. The molecule has 0 unspecified atom stereocenters. The predicted octanol–water partition coefficient (Wildman–Crippen LogP) is 3.76. The van der Waals surface area contributed by atoms with E-state index in [1.807, 2.05) is 0 Å². The predicted molar refractivity (Wildman–Crippen MR) is 119 cm³/mol. The highest BCUT2D eigenvalue weighted by Gasteiger charge is 2.34. The van der Waals surface area contributed by atoms with Crippen LogP contribution in [-0.4, -0.2) is 49.3 Å². The molecule has 3 aromatic rings. The minimum absolute atomic E-state index is 0.155. The summed E-state index contributed by atoms with van der Waals surface area (Å²) in [7, 11) is -3.91. The molecule has 9 nitrogen and oxygen atoms in total. The lowest BCUT2D eigenvalue weighted by Crippen LogP contribution is -2.41. The third-order valence-corrected chi connectivity index (χ3v) is 8.00. The lowest BCUT2D eigenvalue weighted by Gasteiger charge is -2.29. The number of thiazole rings is 1. The molecule has 3 heterocycles. The number of piperidine rings is 1. The summed E-state index contributed by atoms with van der Waals surface area (Å²) in [4.78, 5) is 28.8. The highest BCUT2D eigenvalue weighted by molar-refractivity contribution is 7.89. The Morgan fingerprint density at radius 3 is 2.75 bits per heavy atom. The molecule has 0 saturated carbocycles. The lowest BCUT2D eigenvalue weighted by atomic mass is 9.97.